The lowest BCUT2D eigenvalue weighted by Crippen LogP contribution is -2.05. The van der Waals surface area contributed by atoms with Gasteiger partial charge < -0.3 is 4.98 Å². The number of hydrogen-bond donors (Lipinski definition) is 1. The van der Waals surface area contributed by atoms with Crippen molar-refractivity contribution in [1.82, 2.24) is 24.7 Å². The summed E-state index contributed by atoms with van der Waals surface area (Å²) in [5, 5.41) is 5.45. The third-order valence-electron chi connectivity index (χ3n) is 3.66. The Morgan fingerprint density at radius 3 is 2.92 bits per heavy atom. The van der Waals surface area contributed by atoms with Crippen LogP contribution in [-0.4, -0.2) is 39.4 Å². The van der Waals surface area contributed by atoms with Crippen molar-refractivity contribution in [2.75, 3.05) is 6.26 Å². The summed E-state index contributed by atoms with van der Waals surface area (Å²) in [7, 11) is -3.44. The third kappa shape index (κ3) is 2.53. The highest BCUT2D eigenvalue weighted by atomic mass is 35.5. The summed E-state index contributed by atoms with van der Waals surface area (Å²) < 4.78 is 25.5. The second-order valence-corrected chi connectivity index (χ2v) is 7.84. The maximum absolute atomic E-state index is 12.0. The van der Waals surface area contributed by atoms with Crippen LogP contribution in [-0.2, 0) is 16.4 Å². The molecule has 0 saturated carbocycles. The number of nitrogens with one attached hydrogen (secondary N) is 1. The van der Waals surface area contributed by atoms with Crippen LogP contribution in [0.3, 0.4) is 0 Å². The molecule has 0 unspecified atom stereocenters. The number of benzene rings is 1. The molecule has 7 nitrogen and oxygen atoms in total. The van der Waals surface area contributed by atoms with Gasteiger partial charge in [0.25, 0.3) is 0 Å². The number of aromatic nitrogens is 5. The van der Waals surface area contributed by atoms with E-state index in [2.05, 4.69) is 20.1 Å². The molecule has 0 spiro atoms. The monoisotopic (exact) mass is 361 g/mol. The summed E-state index contributed by atoms with van der Waals surface area (Å²) in [6.45, 7) is 0.296. The van der Waals surface area contributed by atoms with Crippen LogP contribution >= 0.6 is 11.6 Å². The Bertz CT molecular complexity index is 1180. The van der Waals surface area contributed by atoms with Crippen molar-refractivity contribution in [2.24, 2.45) is 0 Å². The fourth-order valence-electron chi connectivity index (χ4n) is 2.64. The zero-order chi connectivity index (χ0) is 16.9. The predicted octanol–water partition coefficient (Wildman–Crippen LogP) is 2.41. The number of pyridine rings is 1. The molecule has 122 valence electrons. The average molecular weight is 362 g/mol. The molecule has 0 aliphatic rings. The van der Waals surface area contributed by atoms with Crippen molar-refractivity contribution < 1.29 is 8.42 Å². The number of nitrogens with zero attached hydrogens (tertiary/aromatic N) is 4. The van der Waals surface area contributed by atoms with Gasteiger partial charge in [0.2, 0.25) is 0 Å². The second-order valence-electron chi connectivity index (χ2n) is 5.47. The molecule has 0 aliphatic carbocycles. The van der Waals surface area contributed by atoms with Crippen LogP contribution in [0.5, 0.6) is 0 Å². The van der Waals surface area contributed by atoms with Crippen molar-refractivity contribution in [3.8, 4) is 0 Å². The largest absolute Gasteiger partial charge is 0.340 e. The van der Waals surface area contributed by atoms with Crippen molar-refractivity contribution in [2.45, 2.75) is 11.6 Å². The molecule has 3 heterocycles. The number of fused-ring (bicyclic) bond motifs is 2. The minimum atomic E-state index is -3.44. The Morgan fingerprint density at radius 1 is 1.29 bits per heavy atom. The lowest BCUT2D eigenvalue weighted by molar-refractivity contribution is 0.590. The maximum Gasteiger partial charge on any atom is 0.195 e. The van der Waals surface area contributed by atoms with E-state index in [0.717, 1.165) is 17.3 Å². The van der Waals surface area contributed by atoms with Crippen molar-refractivity contribution in [3.63, 3.8) is 0 Å². The Labute approximate surface area is 142 Å². The Balaban J connectivity index is 1.84. The molecule has 4 rings (SSSR count). The highest BCUT2D eigenvalue weighted by Crippen LogP contribution is 2.23. The van der Waals surface area contributed by atoms with Gasteiger partial charge >= 0.3 is 0 Å². The summed E-state index contributed by atoms with van der Waals surface area (Å²) >= 11 is 5.98. The quantitative estimate of drug-likeness (QED) is 0.604. The van der Waals surface area contributed by atoms with Crippen LogP contribution < -0.4 is 0 Å². The Kier molecular flexibility index (Phi) is 3.33. The number of rotatable bonds is 3. The zero-order valence-electron chi connectivity index (χ0n) is 12.6. The summed E-state index contributed by atoms with van der Waals surface area (Å²) in [4.78, 5) is 11.7. The fourth-order valence-corrected chi connectivity index (χ4v) is 3.63. The first-order valence-corrected chi connectivity index (χ1v) is 9.33. The number of hydrogen-bond acceptors (Lipinski definition) is 5. The van der Waals surface area contributed by atoms with Gasteiger partial charge in [-0.3, -0.25) is 9.67 Å². The van der Waals surface area contributed by atoms with Crippen molar-refractivity contribution >= 4 is 43.4 Å². The highest BCUT2D eigenvalue weighted by molar-refractivity contribution is 7.90. The van der Waals surface area contributed by atoms with Gasteiger partial charge in [0.15, 0.2) is 14.9 Å². The van der Waals surface area contributed by atoms with Gasteiger partial charge in [0.05, 0.1) is 29.3 Å². The summed E-state index contributed by atoms with van der Waals surface area (Å²) in [6, 6.07) is 7.03. The van der Waals surface area contributed by atoms with Crippen molar-refractivity contribution in [1.29, 1.82) is 0 Å². The van der Waals surface area contributed by atoms with E-state index < -0.39 is 9.84 Å². The average Bonchev–Trinajstić information content (AvgIpc) is 3.08. The second kappa shape index (κ2) is 5.29. The summed E-state index contributed by atoms with van der Waals surface area (Å²) in [6.07, 6.45) is 4.28. The molecule has 0 atom stereocenters. The molecule has 9 heteroatoms. The number of sulfone groups is 1. The minimum Gasteiger partial charge on any atom is -0.340 e. The van der Waals surface area contributed by atoms with Crippen LogP contribution in [0.2, 0.25) is 5.02 Å². The van der Waals surface area contributed by atoms with E-state index in [9.17, 15) is 8.42 Å². The molecule has 0 amide bonds. The molecule has 0 radical (unpaired) electrons. The van der Waals surface area contributed by atoms with E-state index in [1.165, 1.54) is 0 Å². The van der Waals surface area contributed by atoms with E-state index in [-0.39, 0.29) is 5.03 Å². The topological polar surface area (TPSA) is 93.5 Å². The lowest BCUT2D eigenvalue weighted by atomic mass is 10.3. The van der Waals surface area contributed by atoms with Crippen LogP contribution in [0, 0.1) is 0 Å². The molecular formula is C15H12ClN5O2S. The van der Waals surface area contributed by atoms with E-state index in [1.54, 1.807) is 35.3 Å². The van der Waals surface area contributed by atoms with Gasteiger partial charge in [0.1, 0.15) is 5.82 Å². The summed E-state index contributed by atoms with van der Waals surface area (Å²) in [5.41, 5.74) is 2.24. The maximum atomic E-state index is 12.0. The van der Waals surface area contributed by atoms with Crippen LogP contribution in [0.15, 0.2) is 41.7 Å². The van der Waals surface area contributed by atoms with Gasteiger partial charge in [-0.1, -0.05) is 11.6 Å². The van der Waals surface area contributed by atoms with Crippen LogP contribution in [0.1, 0.15) is 5.82 Å². The molecule has 0 bridgehead atoms. The van der Waals surface area contributed by atoms with Gasteiger partial charge in [-0.05, 0) is 24.3 Å². The molecule has 24 heavy (non-hydrogen) atoms. The predicted molar refractivity (Wildman–Crippen MR) is 90.8 cm³/mol. The molecular weight excluding hydrogens is 350 g/mol. The number of imidazole rings is 1. The third-order valence-corrected chi connectivity index (χ3v) is 4.90. The molecule has 3 aromatic heterocycles. The normalized spacial score (nSPS) is 12.2. The van der Waals surface area contributed by atoms with Crippen LogP contribution in [0.25, 0.3) is 21.9 Å². The van der Waals surface area contributed by atoms with E-state index in [1.807, 2.05) is 6.07 Å². The molecule has 4 aromatic rings. The van der Waals surface area contributed by atoms with Crippen molar-refractivity contribution in [3.05, 3.63) is 47.5 Å². The van der Waals surface area contributed by atoms with Gasteiger partial charge in [-0.2, -0.15) is 5.10 Å². The molecule has 1 N–H and O–H groups in total. The van der Waals surface area contributed by atoms with E-state index in [4.69, 9.17) is 11.6 Å². The smallest absolute Gasteiger partial charge is 0.195 e. The lowest BCUT2D eigenvalue weighted by Gasteiger charge is -1.99. The van der Waals surface area contributed by atoms with Gasteiger partial charge in [0, 0.05) is 22.9 Å². The minimum absolute atomic E-state index is 0.0408. The first-order valence-electron chi connectivity index (χ1n) is 7.06. The number of halogens is 1. The first kappa shape index (κ1) is 15.1. The standard InChI is InChI=1S/C15H12ClN5O2S/c1-24(22,23)15-10-4-5-17-7-13(10)21(20-15)8-14-18-11-3-2-9(16)6-12(11)19-14/h2-7H,8H2,1H3,(H,18,19). The van der Waals surface area contributed by atoms with E-state index >= 15 is 0 Å². The number of H-pyrrole nitrogens is 1. The zero-order valence-corrected chi connectivity index (χ0v) is 14.1. The summed E-state index contributed by atoms with van der Waals surface area (Å²) in [5.74, 6) is 0.653. The highest BCUT2D eigenvalue weighted by Gasteiger charge is 2.19. The SMILES string of the molecule is CS(=O)(=O)c1nn(Cc2nc3ccc(Cl)cc3[nH]2)c2cnccc12. The Hall–Kier alpha value is -2.45. The van der Waals surface area contributed by atoms with E-state index in [0.29, 0.717) is 28.3 Å². The Morgan fingerprint density at radius 2 is 2.12 bits per heavy atom. The molecule has 0 aliphatic heterocycles. The fraction of sp³-hybridized carbons (Fsp3) is 0.133. The van der Waals surface area contributed by atoms with Crippen LogP contribution in [0.4, 0.5) is 0 Å². The molecule has 0 fully saturated rings. The number of aromatic amines is 1. The van der Waals surface area contributed by atoms with Gasteiger partial charge in [-0.15, -0.1) is 0 Å². The molecule has 1 aromatic carbocycles. The van der Waals surface area contributed by atoms with Gasteiger partial charge in [-0.25, -0.2) is 13.4 Å². The molecule has 0 saturated heterocycles. The first-order chi connectivity index (χ1) is 11.4.